The lowest BCUT2D eigenvalue weighted by Gasteiger charge is -2.24. The molecule has 2 aliphatic rings. The molecule has 0 radical (unpaired) electrons. The third-order valence-electron chi connectivity index (χ3n) is 10.5. The van der Waals surface area contributed by atoms with Crippen molar-refractivity contribution in [2.75, 3.05) is 13.2 Å². The fourth-order valence-corrected chi connectivity index (χ4v) is 7.73. The van der Waals surface area contributed by atoms with E-state index < -0.39 is 5.97 Å². The van der Waals surface area contributed by atoms with E-state index in [-0.39, 0.29) is 47.6 Å². The molecule has 4 aromatic rings. The summed E-state index contributed by atoms with van der Waals surface area (Å²) < 4.78 is 10.4. The highest BCUT2D eigenvalue weighted by molar-refractivity contribution is 5.87. The second kappa shape index (κ2) is 12.8. The normalized spacial score (nSPS) is 16.3. The molecule has 2 atom stereocenters. The van der Waals surface area contributed by atoms with Gasteiger partial charge in [-0.1, -0.05) is 108 Å². The molecule has 0 saturated carbocycles. The van der Waals surface area contributed by atoms with Crippen LogP contribution in [0, 0.1) is 5.92 Å². The van der Waals surface area contributed by atoms with Crippen LogP contribution in [0.15, 0.2) is 90.7 Å². The summed E-state index contributed by atoms with van der Waals surface area (Å²) in [4.78, 5) is 24.5. The number of carbonyl (C=O) groups excluding carboxylic acids is 2. The molecule has 0 aromatic heterocycles. The van der Waals surface area contributed by atoms with E-state index in [2.05, 4.69) is 113 Å². The summed E-state index contributed by atoms with van der Waals surface area (Å²) in [5.74, 6) is -1.19. The minimum absolute atomic E-state index is 0.0160. The third-order valence-corrected chi connectivity index (χ3v) is 10.5. The molecule has 5 nitrogen and oxygen atoms in total. The SMILES string of the molecule is CCC(CC(C)c1ccc2c(c1)C(C)(C)c1cc(-c3ccc4c(c3)C(C)(C)c3ccccc3-4)ccc1-2)C(=O)OCCOC(=O)/C=C(/C)O. The second-order valence-electron chi connectivity index (χ2n) is 14.5. The molecule has 248 valence electrons. The number of fused-ring (bicyclic) bond motifs is 6. The van der Waals surface area contributed by atoms with E-state index in [9.17, 15) is 9.59 Å². The van der Waals surface area contributed by atoms with Crippen molar-refractivity contribution in [2.24, 2.45) is 5.92 Å². The highest BCUT2D eigenvalue weighted by Gasteiger charge is 2.38. The third kappa shape index (κ3) is 5.96. The van der Waals surface area contributed by atoms with Crippen molar-refractivity contribution >= 4 is 11.9 Å². The molecule has 0 aliphatic heterocycles. The Morgan fingerprint density at radius 2 is 1.25 bits per heavy atom. The lowest BCUT2D eigenvalue weighted by Crippen LogP contribution is -2.22. The summed E-state index contributed by atoms with van der Waals surface area (Å²) in [6.45, 7) is 14.8. The second-order valence-corrected chi connectivity index (χ2v) is 14.5. The quantitative estimate of drug-likeness (QED) is 0.0807. The zero-order chi connectivity index (χ0) is 34.4. The first-order valence-electron chi connectivity index (χ1n) is 17.1. The van der Waals surface area contributed by atoms with Crippen LogP contribution < -0.4 is 0 Å². The molecule has 6 rings (SSSR count). The van der Waals surface area contributed by atoms with Gasteiger partial charge in [-0.2, -0.15) is 0 Å². The average molecular weight is 643 g/mol. The number of aliphatic hydroxyl groups is 1. The van der Waals surface area contributed by atoms with Crippen molar-refractivity contribution in [1.29, 1.82) is 0 Å². The number of aliphatic hydroxyl groups excluding tert-OH is 1. The van der Waals surface area contributed by atoms with Crippen LogP contribution in [0.25, 0.3) is 33.4 Å². The Kier molecular flexibility index (Phi) is 8.84. The Bertz CT molecular complexity index is 1920. The summed E-state index contributed by atoms with van der Waals surface area (Å²) in [5.41, 5.74) is 14.1. The Balaban J connectivity index is 1.18. The van der Waals surface area contributed by atoms with Crippen molar-refractivity contribution in [3.63, 3.8) is 0 Å². The maximum Gasteiger partial charge on any atom is 0.334 e. The largest absolute Gasteiger partial charge is 0.512 e. The van der Waals surface area contributed by atoms with Crippen LogP contribution in [0.3, 0.4) is 0 Å². The molecule has 0 heterocycles. The van der Waals surface area contributed by atoms with E-state index in [0.29, 0.717) is 12.8 Å². The molecule has 2 aliphatic carbocycles. The predicted octanol–water partition coefficient (Wildman–Crippen LogP) is 10.0. The summed E-state index contributed by atoms with van der Waals surface area (Å²) >= 11 is 0. The summed E-state index contributed by atoms with van der Waals surface area (Å²) in [6, 6.07) is 29.5. The van der Waals surface area contributed by atoms with Crippen molar-refractivity contribution in [3.05, 3.63) is 119 Å². The van der Waals surface area contributed by atoms with Gasteiger partial charge in [0.2, 0.25) is 0 Å². The fraction of sp³-hybridized carbons (Fsp3) is 0.349. The standard InChI is InChI=1S/C43H46O5/c1-8-28(41(46)48-20-19-47-40(45)22-27(3)44)21-26(2)29-13-16-34-35-18-15-31(25-39(35)43(6,7)37(34)23-29)30-14-17-33-32-11-9-10-12-36(32)42(4,5)38(33)24-30/h9-18,22-26,28,44H,8,19-21H2,1-7H3/b27-22-. The van der Waals surface area contributed by atoms with E-state index in [1.54, 1.807) is 0 Å². The van der Waals surface area contributed by atoms with Gasteiger partial charge in [0.1, 0.15) is 13.2 Å². The highest BCUT2D eigenvalue weighted by atomic mass is 16.6. The molecule has 0 spiro atoms. The maximum atomic E-state index is 12.9. The van der Waals surface area contributed by atoms with Crippen LogP contribution >= 0.6 is 0 Å². The molecule has 0 fully saturated rings. The highest BCUT2D eigenvalue weighted by Crippen LogP contribution is 2.52. The molecule has 48 heavy (non-hydrogen) atoms. The van der Waals surface area contributed by atoms with E-state index in [4.69, 9.17) is 14.6 Å². The van der Waals surface area contributed by atoms with E-state index >= 15 is 0 Å². The Hall–Kier alpha value is -4.64. The maximum absolute atomic E-state index is 12.9. The van der Waals surface area contributed by atoms with Gasteiger partial charge < -0.3 is 14.6 Å². The Morgan fingerprint density at radius 3 is 1.85 bits per heavy atom. The zero-order valence-electron chi connectivity index (χ0n) is 29.1. The van der Waals surface area contributed by atoms with Crippen LogP contribution in [0.1, 0.15) is 95.0 Å². The van der Waals surface area contributed by atoms with Gasteiger partial charge in [0.25, 0.3) is 0 Å². The van der Waals surface area contributed by atoms with Gasteiger partial charge in [-0.15, -0.1) is 0 Å². The molecule has 5 heteroatoms. The molecular formula is C43H46O5. The molecule has 1 N–H and O–H groups in total. The molecular weight excluding hydrogens is 596 g/mol. The number of carbonyl (C=O) groups is 2. The van der Waals surface area contributed by atoms with Gasteiger partial charge in [-0.25, -0.2) is 4.79 Å². The Morgan fingerprint density at radius 1 is 0.729 bits per heavy atom. The minimum atomic E-state index is -0.664. The number of esters is 2. The summed E-state index contributed by atoms with van der Waals surface area (Å²) in [7, 11) is 0. The van der Waals surface area contributed by atoms with Gasteiger partial charge in [-0.3, -0.25) is 4.79 Å². The van der Waals surface area contributed by atoms with Crippen molar-refractivity contribution < 1.29 is 24.2 Å². The topological polar surface area (TPSA) is 72.8 Å². The van der Waals surface area contributed by atoms with Crippen LogP contribution in [0.5, 0.6) is 0 Å². The first-order valence-corrected chi connectivity index (χ1v) is 17.1. The minimum Gasteiger partial charge on any atom is -0.512 e. The predicted molar refractivity (Wildman–Crippen MR) is 192 cm³/mol. The van der Waals surface area contributed by atoms with Gasteiger partial charge in [0.15, 0.2) is 0 Å². The van der Waals surface area contributed by atoms with Gasteiger partial charge in [-0.05, 0) is 99.0 Å². The number of allylic oxidation sites excluding steroid dienone is 1. The van der Waals surface area contributed by atoms with Gasteiger partial charge >= 0.3 is 11.9 Å². The number of hydrogen-bond donors (Lipinski definition) is 1. The number of benzene rings is 4. The molecule has 2 unspecified atom stereocenters. The first kappa shape index (κ1) is 33.3. The number of rotatable bonds is 10. The average Bonchev–Trinajstić information content (AvgIpc) is 3.43. The lowest BCUT2D eigenvalue weighted by atomic mass is 9.79. The number of hydrogen-bond acceptors (Lipinski definition) is 5. The van der Waals surface area contributed by atoms with Crippen LogP contribution in [-0.4, -0.2) is 30.3 Å². The van der Waals surface area contributed by atoms with Gasteiger partial charge in [0.05, 0.1) is 17.8 Å². The van der Waals surface area contributed by atoms with Crippen LogP contribution in [0.4, 0.5) is 0 Å². The number of ether oxygens (including phenoxy) is 2. The van der Waals surface area contributed by atoms with Crippen molar-refractivity contribution in [3.8, 4) is 33.4 Å². The summed E-state index contributed by atoms with van der Waals surface area (Å²) in [6.07, 6.45) is 2.31. The smallest absolute Gasteiger partial charge is 0.334 e. The Labute approximate surface area is 284 Å². The van der Waals surface area contributed by atoms with Crippen LogP contribution in [0.2, 0.25) is 0 Å². The van der Waals surface area contributed by atoms with Crippen molar-refractivity contribution in [2.45, 2.75) is 78.1 Å². The molecule has 0 bridgehead atoms. The fourth-order valence-electron chi connectivity index (χ4n) is 7.73. The summed E-state index contributed by atoms with van der Waals surface area (Å²) in [5, 5.41) is 9.17. The first-order chi connectivity index (χ1) is 22.8. The molecule has 0 saturated heterocycles. The lowest BCUT2D eigenvalue weighted by molar-refractivity contribution is -0.153. The van der Waals surface area contributed by atoms with E-state index in [0.717, 1.165) is 6.08 Å². The monoisotopic (exact) mass is 642 g/mol. The van der Waals surface area contributed by atoms with Gasteiger partial charge in [0, 0.05) is 10.8 Å². The molecule has 4 aromatic carbocycles. The molecule has 0 amide bonds. The van der Waals surface area contributed by atoms with Crippen LogP contribution in [-0.2, 0) is 29.9 Å². The van der Waals surface area contributed by atoms with E-state index in [1.165, 1.54) is 68.1 Å². The van der Waals surface area contributed by atoms with Crippen molar-refractivity contribution in [1.82, 2.24) is 0 Å². The van der Waals surface area contributed by atoms with E-state index in [1.807, 2.05) is 6.92 Å². The zero-order valence-corrected chi connectivity index (χ0v) is 29.1.